The number of carboxylic acid groups (broad SMARTS) is 1. The fourth-order valence-electron chi connectivity index (χ4n) is 2.34. The number of fused-ring (bicyclic) bond motifs is 1. The van der Waals surface area contributed by atoms with Gasteiger partial charge in [-0.2, -0.15) is 0 Å². The fraction of sp³-hybridized carbons (Fsp3) is 0.294. The van der Waals surface area contributed by atoms with Crippen LogP contribution in [-0.2, 0) is 4.79 Å². The zero-order chi connectivity index (χ0) is 15.2. The van der Waals surface area contributed by atoms with Crippen LogP contribution in [-0.4, -0.2) is 23.5 Å². The predicted molar refractivity (Wildman–Crippen MR) is 80.9 cm³/mol. The molecule has 21 heavy (non-hydrogen) atoms. The summed E-state index contributed by atoms with van der Waals surface area (Å²) in [6, 6.07) is 11.4. The van der Waals surface area contributed by atoms with E-state index in [-0.39, 0.29) is 18.6 Å². The van der Waals surface area contributed by atoms with Crippen molar-refractivity contribution < 1.29 is 19.4 Å². The first-order valence-corrected chi connectivity index (χ1v) is 7.03. The lowest BCUT2D eigenvalue weighted by molar-refractivity contribution is -0.137. The normalized spacial score (nSPS) is 10.5. The number of carbonyl (C=O) groups excluding carboxylic acids is 1. The molecule has 0 fully saturated rings. The molecule has 0 atom stereocenters. The SMILES string of the molecule is CCOc1ccc2ccccc2c1C(=O)CCCC(=O)O. The molecule has 0 aliphatic heterocycles. The molecule has 0 aliphatic carbocycles. The first kappa shape index (κ1) is 15.0. The highest BCUT2D eigenvalue weighted by Gasteiger charge is 2.16. The maximum atomic E-state index is 12.5. The van der Waals surface area contributed by atoms with Crippen molar-refractivity contribution in [2.24, 2.45) is 0 Å². The van der Waals surface area contributed by atoms with Gasteiger partial charge in [0.2, 0.25) is 0 Å². The Bertz CT molecular complexity index is 661. The number of ketones is 1. The molecule has 2 rings (SSSR count). The van der Waals surface area contributed by atoms with Crippen molar-refractivity contribution in [3.05, 3.63) is 42.0 Å². The van der Waals surface area contributed by atoms with Gasteiger partial charge in [0.1, 0.15) is 5.75 Å². The highest BCUT2D eigenvalue weighted by molar-refractivity contribution is 6.10. The highest BCUT2D eigenvalue weighted by atomic mass is 16.5. The fourth-order valence-corrected chi connectivity index (χ4v) is 2.34. The lowest BCUT2D eigenvalue weighted by atomic mass is 9.97. The first-order chi connectivity index (χ1) is 10.1. The third-order valence-electron chi connectivity index (χ3n) is 3.26. The minimum Gasteiger partial charge on any atom is -0.493 e. The van der Waals surface area contributed by atoms with Crippen LogP contribution in [0.4, 0.5) is 0 Å². The van der Waals surface area contributed by atoms with E-state index in [1.165, 1.54) is 0 Å². The quantitative estimate of drug-likeness (QED) is 0.789. The van der Waals surface area contributed by atoms with Crippen molar-refractivity contribution in [2.75, 3.05) is 6.61 Å². The van der Waals surface area contributed by atoms with Gasteiger partial charge < -0.3 is 9.84 Å². The zero-order valence-electron chi connectivity index (χ0n) is 12.0. The van der Waals surface area contributed by atoms with Gasteiger partial charge in [0.25, 0.3) is 0 Å². The minimum absolute atomic E-state index is 0.000471. The van der Waals surface area contributed by atoms with Gasteiger partial charge in [0.05, 0.1) is 12.2 Å². The van der Waals surface area contributed by atoms with Gasteiger partial charge in [-0.15, -0.1) is 0 Å². The second-order valence-corrected chi connectivity index (χ2v) is 4.76. The van der Waals surface area contributed by atoms with Gasteiger partial charge >= 0.3 is 5.97 Å². The molecule has 0 radical (unpaired) electrons. The van der Waals surface area contributed by atoms with Gasteiger partial charge in [-0.25, -0.2) is 0 Å². The molecule has 4 heteroatoms. The number of carboxylic acids is 1. The Balaban J connectivity index is 2.36. The van der Waals surface area contributed by atoms with E-state index in [1.807, 2.05) is 37.3 Å². The summed E-state index contributed by atoms with van der Waals surface area (Å²) >= 11 is 0. The molecule has 1 N–H and O–H groups in total. The molecule has 2 aromatic carbocycles. The Morgan fingerprint density at radius 1 is 1.10 bits per heavy atom. The van der Waals surface area contributed by atoms with E-state index in [4.69, 9.17) is 9.84 Å². The predicted octanol–water partition coefficient (Wildman–Crippen LogP) is 3.68. The Kier molecular flexibility index (Phi) is 4.93. The van der Waals surface area contributed by atoms with Gasteiger partial charge in [0, 0.05) is 12.8 Å². The number of hydrogen-bond acceptors (Lipinski definition) is 3. The molecule has 2 aromatic rings. The van der Waals surface area contributed by atoms with Crippen LogP contribution in [0.5, 0.6) is 5.75 Å². The number of aliphatic carboxylic acids is 1. The molecular weight excluding hydrogens is 268 g/mol. The van der Waals surface area contributed by atoms with Crippen LogP contribution >= 0.6 is 0 Å². The lowest BCUT2D eigenvalue weighted by Gasteiger charge is -2.12. The molecule has 110 valence electrons. The maximum absolute atomic E-state index is 12.5. The minimum atomic E-state index is -0.884. The van der Waals surface area contributed by atoms with Crippen LogP contribution in [0, 0.1) is 0 Å². The molecule has 0 aliphatic rings. The van der Waals surface area contributed by atoms with Crippen molar-refractivity contribution in [2.45, 2.75) is 26.2 Å². The number of ether oxygens (including phenoxy) is 1. The summed E-state index contributed by atoms with van der Waals surface area (Å²) in [6.07, 6.45) is 0.545. The lowest BCUT2D eigenvalue weighted by Crippen LogP contribution is -2.06. The molecule has 0 aromatic heterocycles. The van der Waals surface area contributed by atoms with E-state index >= 15 is 0 Å². The molecule has 0 amide bonds. The largest absolute Gasteiger partial charge is 0.493 e. The zero-order valence-corrected chi connectivity index (χ0v) is 12.0. The van der Waals surface area contributed by atoms with E-state index in [0.29, 0.717) is 24.3 Å². The molecule has 0 saturated heterocycles. The summed E-state index contributed by atoms with van der Waals surface area (Å²) in [5.74, 6) is -0.390. The summed E-state index contributed by atoms with van der Waals surface area (Å²) < 4.78 is 5.56. The third-order valence-corrected chi connectivity index (χ3v) is 3.26. The topological polar surface area (TPSA) is 63.6 Å². The molecule has 0 bridgehead atoms. The van der Waals surface area contributed by atoms with Gasteiger partial charge in [-0.1, -0.05) is 30.3 Å². The average molecular weight is 286 g/mol. The van der Waals surface area contributed by atoms with Crippen molar-refractivity contribution in [1.29, 1.82) is 0 Å². The van der Waals surface area contributed by atoms with Crippen LogP contribution in [0.25, 0.3) is 10.8 Å². The number of Topliss-reactive ketones (excluding diaryl/α,β-unsaturated/α-hetero) is 1. The summed E-state index contributed by atoms with van der Waals surface area (Å²) in [5.41, 5.74) is 0.556. The second kappa shape index (κ2) is 6.88. The van der Waals surface area contributed by atoms with E-state index in [1.54, 1.807) is 6.07 Å². The van der Waals surface area contributed by atoms with Crippen molar-refractivity contribution in [3.8, 4) is 5.75 Å². The van der Waals surface area contributed by atoms with Crippen molar-refractivity contribution in [3.63, 3.8) is 0 Å². The van der Waals surface area contributed by atoms with Crippen LogP contribution in [0.3, 0.4) is 0 Å². The smallest absolute Gasteiger partial charge is 0.303 e. The first-order valence-electron chi connectivity index (χ1n) is 7.03. The standard InChI is InChI=1S/C17H18O4/c1-2-21-15-11-10-12-6-3-4-7-13(12)17(15)14(18)8-5-9-16(19)20/h3-4,6-7,10-11H,2,5,8-9H2,1H3,(H,19,20). The Hall–Kier alpha value is -2.36. The van der Waals surface area contributed by atoms with Crippen molar-refractivity contribution >= 4 is 22.5 Å². The van der Waals surface area contributed by atoms with Gasteiger partial charge in [-0.3, -0.25) is 9.59 Å². The molecule has 4 nitrogen and oxygen atoms in total. The highest BCUT2D eigenvalue weighted by Crippen LogP contribution is 2.29. The monoisotopic (exact) mass is 286 g/mol. The number of rotatable bonds is 7. The second-order valence-electron chi connectivity index (χ2n) is 4.76. The third kappa shape index (κ3) is 3.60. The van der Waals surface area contributed by atoms with Crippen LogP contribution in [0.1, 0.15) is 36.5 Å². The number of hydrogen-bond donors (Lipinski definition) is 1. The van der Waals surface area contributed by atoms with E-state index < -0.39 is 5.97 Å². The number of benzene rings is 2. The molecule has 0 unspecified atom stereocenters. The Labute approximate surface area is 123 Å². The summed E-state index contributed by atoms with van der Waals surface area (Å²) in [7, 11) is 0. The van der Waals surface area contributed by atoms with E-state index in [0.717, 1.165) is 10.8 Å². The number of carbonyl (C=O) groups is 2. The average Bonchev–Trinajstić information content (AvgIpc) is 2.46. The summed E-state index contributed by atoms with van der Waals surface area (Å²) in [4.78, 5) is 23.0. The molecular formula is C17H18O4. The molecule has 0 heterocycles. The van der Waals surface area contributed by atoms with Crippen LogP contribution < -0.4 is 4.74 Å². The van der Waals surface area contributed by atoms with Crippen LogP contribution in [0.15, 0.2) is 36.4 Å². The Morgan fingerprint density at radius 3 is 2.57 bits per heavy atom. The van der Waals surface area contributed by atoms with Gasteiger partial charge in [0.15, 0.2) is 5.78 Å². The van der Waals surface area contributed by atoms with Gasteiger partial charge in [-0.05, 0) is 30.2 Å². The summed E-state index contributed by atoms with van der Waals surface area (Å²) in [6.45, 7) is 2.35. The van der Waals surface area contributed by atoms with Crippen LogP contribution in [0.2, 0.25) is 0 Å². The van der Waals surface area contributed by atoms with E-state index in [9.17, 15) is 9.59 Å². The molecule has 0 saturated carbocycles. The molecule has 0 spiro atoms. The maximum Gasteiger partial charge on any atom is 0.303 e. The van der Waals surface area contributed by atoms with E-state index in [2.05, 4.69) is 0 Å². The van der Waals surface area contributed by atoms with Crippen molar-refractivity contribution in [1.82, 2.24) is 0 Å². The summed E-state index contributed by atoms with van der Waals surface area (Å²) in [5, 5.41) is 10.5. The Morgan fingerprint density at radius 2 is 1.86 bits per heavy atom.